The number of hydrogen-bond acceptors (Lipinski definition) is 3. The monoisotopic (exact) mass is 457 g/mol. The number of amides is 1. The summed E-state index contributed by atoms with van der Waals surface area (Å²) in [7, 11) is -3.69. The third kappa shape index (κ3) is 4.54. The molecule has 3 aromatic rings. The van der Waals surface area contributed by atoms with E-state index in [0.29, 0.717) is 18.0 Å². The molecule has 8 heteroatoms. The van der Waals surface area contributed by atoms with Gasteiger partial charge < -0.3 is 9.47 Å². The fourth-order valence-corrected chi connectivity index (χ4v) is 5.23. The lowest BCUT2D eigenvalue weighted by atomic mass is 10.1. The van der Waals surface area contributed by atoms with Gasteiger partial charge in [-0.1, -0.05) is 23.7 Å². The van der Waals surface area contributed by atoms with E-state index in [0.717, 1.165) is 22.5 Å². The second-order valence-corrected chi connectivity index (χ2v) is 10.0. The lowest BCUT2D eigenvalue weighted by Crippen LogP contribution is -2.33. The molecule has 0 saturated carbocycles. The Balaban J connectivity index is 1.49. The number of carbonyl (C=O) groups excluding carboxylic acids is 1. The topological polar surface area (TPSA) is 71.4 Å². The maximum Gasteiger partial charge on any atom is 0.240 e. The van der Waals surface area contributed by atoms with Gasteiger partial charge in [0.25, 0.3) is 0 Å². The average Bonchev–Trinajstić information content (AvgIpc) is 3.30. The Labute approximate surface area is 187 Å². The Bertz CT molecular complexity index is 1220. The Hall–Kier alpha value is -2.61. The summed E-state index contributed by atoms with van der Waals surface area (Å²) in [5.74, 6) is -0.0403. The second-order valence-electron chi connectivity index (χ2n) is 7.81. The number of nitrogens with zero attached hydrogens (tertiary/aromatic N) is 2. The first-order valence-electron chi connectivity index (χ1n) is 10.1. The Morgan fingerprint density at radius 2 is 1.90 bits per heavy atom. The number of benzene rings is 2. The van der Waals surface area contributed by atoms with Gasteiger partial charge in [0.1, 0.15) is 0 Å². The lowest BCUT2D eigenvalue weighted by Gasteiger charge is -2.20. The van der Waals surface area contributed by atoms with Crippen LogP contribution in [-0.4, -0.2) is 24.9 Å². The molecule has 1 amide bonds. The van der Waals surface area contributed by atoms with Crippen molar-refractivity contribution < 1.29 is 13.2 Å². The predicted octanol–water partition coefficient (Wildman–Crippen LogP) is 3.97. The van der Waals surface area contributed by atoms with Crippen LogP contribution in [0.4, 0.5) is 5.69 Å². The highest BCUT2D eigenvalue weighted by atomic mass is 35.5. The number of carbonyl (C=O) groups is 1. The van der Waals surface area contributed by atoms with E-state index in [1.54, 1.807) is 23.1 Å². The van der Waals surface area contributed by atoms with E-state index >= 15 is 0 Å². The summed E-state index contributed by atoms with van der Waals surface area (Å²) in [5, 5.41) is 0.680. The average molecular weight is 458 g/mol. The first kappa shape index (κ1) is 21.6. The molecule has 0 saturated heterocycles. The number of fused-ring (bicyclic) bond motifs is 1. The van der Waals surface area contributed by atoms with Crippen LogP contribution in [0.2, 0.25) is 5.02 Å². The smallest absolute Gasteiger partial charge is 0.240 e. The first-order valence-corrected chi connectivity index (χ1v) is 11.9. The van der Waals surface area contributed by atoms with E-state index in [9.17, 15) is 13.2 Å². The van der Waals surface area contributed by atoms with Crippen LogP contribution in [0.5, 0.6) is 0 Å². The van der Waals surface area contributed by atoms with E-state index in [4.69, 9.17) is 11.6 Å². The van der Waals surface area contributed by atoms with Gasteiger partial charge in [0.15, 0.2) is 0 Å². The molecular weight excluding hydrogens is 434 g/mol. The molecule has 1 aliphatic heterocycles. The molecule has 162 valence electrons. The molecule has 0 fully saturated rings. The molecule has 6 nitrogen and oxygen atoms in total. The van der Waals surface area contributed by atoms with Crippen molar-refractivity contribution in [1.82, 2.24) is 9.29 Å². The van der Waals surface area contributed by atoms with E-state index < -0.39 is 10.0 Å². The van der Waals surface area contributed by atoms with Crippen molar-refractivity contribution in [1.29, 1.82) is 0 Å². The maximum atomic E-state index is 12.9. The summed E-state index contributed by atoms with van der Waals surface area (Å²) in [5.41, 5.74) is 3.59. The largest absolute Gasteiger partial charge is 0.346 e. The molecule has 4 rings (SSSR count). The van der Waals surface area contributed by atoms with Gasteiger partial charge in [-0.15, -0.1) is 0 Å². The molecule has 0 aliphatic carbocycles. The zero-order valence-electron chi connectivity index (χ0n) is 17.4. The van der Waals surface area contributed by atoms with Crippen LogP contribution < -0.4 is 9.62 Å². The summed E-state index contributed by atoms with van der Waals surface area (Å²) in [6, 6.07) is 16.3. The second kappa shape index (κ2) is 8.49. The van der Waals surface area contributed by atoms with Crippen molar-refractivity contribution in [2.24, 2.45) is 0 Å². The molecular formula is C23H24ClN3O3S. The number of aromatic nitrogens is 1. The van der Waals surface area contributed by atoms with E-state index in [2.05, 4.69) is 4.72 Å². The predicted molar refractivity (Wildman–Crippen MR) is 122 cm³/mol. The van der Waals surface area contributed by atoms with Gasteiger partial charge in [0.2, 0.25) is 15.9 Å². The zero-order chi connectivity index (χ0) is 22.2. The number of halogens is 1. The van der Waals surface area contributed by atoms with Gasteiger partial charge in [-0.05, 0) is 66.9 Å². The van der Waals surface area contributed by atoms with Crippen LogP contribution in [-0.2, 0) is 34.3 Å². The summed E-state index contributed by atoms with van der Waals surface area (Å²) >= 11 is 5.95. The zero-order valence-corrected chi connectivity index (χ0v) is 18.9. The van der Waals surface area contributed by atoms with Gasteiger partial charge in [0.05, 0.1) is 11.4 Å². The molecule has 1 aliphatic rings. The van der Waals surface area contributed by atoms with Crippen molar-refractivity contribution in [3.63, 3.8) is 0 Å². The number of nitrogens with one attached hydrogen (secondary N) is 1. The van der Waals surface area contributed by atoms with E-state index in [1.807, 2.05) is 54.1 Å². The van der Waals surface area contributed by atoms with Gasteiger partial charge in [-0.3, -0.25) is 4.79 Å². The Morgan fingerprint density at radius 3 is 2.61 bits per heavy atom. The first-order chi connectivity index (χ1) is 14.7. The van der Waals surface area contributed by atoms with Gasteiger partial charge in [0, 0.05) is 42.1 Å². The molecule has 2 aromatic carbocycles. The molecule has 31 heavy (non-hydrogen) atoms. The normalized spacial score (nSPS) is 15.8. The highest BCUT2D eigenvalue weighted by molar-refractivity contribution is 7.89. The third-order valence-electron chi connectivity index (χ3n) is 5.55. The Morgan fingerprint density at radius 1 is 1.16 bits per heavy atom. The molecule has 0 bridgehead atoms. The molecule has 1 atom stereocenters. The van der Waals surface area contributed by atoms with Crippen molar-refractivity contribution in [2.75, 3.05) is 4.90 Å². The summed E-state index contributed by atoms with van der Waals surface area (Å²) in [4.78, 5) is 13.8. The molecule has 0 spiro atoms. The van der Waals surface area contributed by atoms with Crippen LogP contribution in [0.3, 0.4) is 0 Å². The third-order valence-corrected chi connectivity index (χ3v) is 7.20. The number of hydrogen-bond donors (Lipinski definition) is 1. The minimum atomic E-state index is -3.69. The summed E-state index contributed by atoms with van der Waals surface area (Å²) in [6.07, 6.45) is 2.56. The van der Waals surface area contributed by atoms with E-state index in [1.165, 1.54) is 6.92 Å². The minimum absolute atomic E-state index is 0.0227. The molecule has 0 unspecified atom stereocenters. The van der Waals surface area contributed by atoms with Crippen molar-refractivity contribution in [3.05, 3.63) is 82.6 Å². The maximum absolute atomic E-state index is 12.9. The highest BCUT2D eigenvalue weighted by Gasteiger charge is 2.30. The van der Waals surface area contributed by atoms with Crippen molar-refractivity contribution in [3.8, 4) is 0 Å². The van der Waals surface area contributed by atoms with Gasteiger partial charge in [-0.2, -0.15) is 0 Å². The van der Waals surface area contributed by atoms with Crippen molar-refractivity contribution >= 4 is 33.2 Å². The highest BCUT2D eigenvalue weighted by Crippen LogP contribution is 2.33. The lowest BCUT2D eigenvalue weighted by molar-refractivity contribution is -0.116. The standard InChI is InChI=1S/C23H24ClN3O3S/c1-16-12-19-13-22(9-10-23(19)27(16)17(2)28)31(29,30)25-14-21-4-3-11-26(21)15-18-5-7-20(24)8-6-18/h3-11,13,16,25H,12,14-15H2,1-2H3/t16-/m0/s1. The minimum Gasteiger partial charge on any atom is -0.346 e. The molecule has 0 radical (unpaired) electrons. The van der Waals surface area contributed by atoms with Gasteiger partial charge in [-0.25, -0.2) is 13.1 Å². The molecule has 2 heterocycles. The SMILES string of the molecule is CC(=O)N1c2ccc(S(=O)(=O)NCc3cccn3Cc3ccc(Cl)cc3)cc2C[C@@H]1C. The number of sulfonamides is 1. The van der Waals surface area contributed by atoms with Crippen LogP contribution >= 0.6 is 11.6 Å². The quantitative estimate of drug-likeness (QED) is 0.608. The number of anilines is 1. The Kier molecular flexibility index (Phi) is 5.92. The van der Waals surface area contributed by atoms with Crippen molar-refractivity contribution in [2.45, 2.75) is 44.3 Å². The fourth-order valence-electron chi connectivity index (χ4n) is 4.06. The van der Waals surface area contributed by atoms with Crippen LogP contribution in [0.15, 0.2) is 65.7 Å². The van der Waals surface area contributed by atoms with Crippen LogP contribution in [0, 0.1) is 0 Å². The van der Waals surface area contributed by atoms with Crippen LogP contribution in [0.25, 0.3) is 0 Å². The molecule has 1 aromatic heterocycles. The van der Waals surface area contributed by atoms with Crippen LogP contribution in [0.1, 0.15) is 30.7 Å². The summed E-state index contributed by atoms with van der Waals surface area (Å²) < 4.78 is 30.5. The number of rotatable bonds is 6. The fraction of sp³-hybridized carbons (Fsp3) is 0.261. The summed E-state index contributed by atoms with van der Waals surface area (Å²) in [6.45, 7) is 4.29. The van der Waals surface area contributed by atoms with E-state index in [-0.39, 0.29) is 23.4 Å². The van der Waals surface area contributed by atoms with Gasteiger partial charge >= 0.3 is 0 Å². The molecule has 1 N–H and O–H groups in total.